The molecular formula is C17H17F3N2O4S. The van der Waals surface area contributed by atoms with E-state index in [0.717, 1.165) is 18.3 Å². The smallest absolute Gasteiger partial charge is 0.416 e. The third-order valence-corrected chi connectivity index (χ3v) is 6.00. The van der Waals surface area contributed by atoms with Crippen LogP contribution in [0.15, 0.2) is 47.5 Å². The number of aromatic nitrogens is 1. The van der Waals surface area contributed by atoms with E-state index < -0.39 is 27.9 Å². The Labute approximate surface area is 154 Å². The number of halogens is 3. The summed E-state index contributed by atoms with van der Waals surface area (Å²) in [6.45, 7) is 0.223. The SMILES string of the molecule is COc1cccc(S(=O)(=O)N2CCC(Oc3cc(C(F)(F)F)ccn3)C2)c1. The zero-order valence-corrected chi connectivity index (χ0v) is 15.1. The number of pyridine rings is 1. The van der Waals surface area contributed by atoms with Gasteiger partial charge in [-0.1, -0.05) is 6.07 Å². The molecule has 0 aliphatic carbocycles. The standard InChI is InChI=1S/C17H17F3N2O4S/c1-25-13-3-2-4-15(10-13)27(23,24)22-8-6-14(11-22)26-16-9-12(5-7-21-16)17(18,19)20/h2-5,7,9-10,14H,6,8,11H2,1H3. The molecule has 2 heterocycles. The van der Waals surface area contributed by atoms with Gasteiger partial charge in [0.1, 0.15) is 11.9 Å². The topological polar surface area (TPSA) is 68.7 Å². The first kappa shape index (κ1) is 19.4. The predicted molar refractivity (Wildman–Crippen MR) is 90.0 cm³/mol. The predicted octanol–water partition coefficient (Wildman–Crippen LogP) is 2.95. The molecule has 1 atom stereocenters. The van der Waals surface area contributed by atoms with E-state index in [0.29, 0.717) is 12.2 Å². The van der Waals surface area contributed by atoms with E-state index in [2.05, 4.69) is 4.98 Å². The molecule has 1 aliphatic rings. The molecule has 0 spiro atoms. The molecule has 1 fully saturated rings. The molecule has 1 saturated heterocycles. The minimum atomic E-state index is -4.50. The molecule has 0 amide bonds. The van der Waals surface area contributed by atoms with Crippen molar-refractivity contribution in [1.82, 2.24) is 9.29 Å². The lowest BCUT2D eigenvalue weighted by atomic mass is 10.2. The zero-order chi connectivity index (χ0) is 19.7. The molecule has 1 unspecified atom stereocenters. The molecule has 1 aromatic heterocycles. The number of rotatable bonds is 5. The van der Waals surface area contributed by atoms with E-state index in [1.165, 1.54) is 23.5 Å². The highest BCUT2D eigenvalue weighted by Gasteiger charge is 2.35. The van der Waals surface area contributed by atoms with Gasteiger partial charge in [0.2, 0.25) is 15.9 Å². The number of nitrogens with zero attached hydrogens (tertiary/aromatic N) is 2. The summed E-state index contributed by atoms with van der Waals surface area (Å²) in [5.41, 5.74) is -0.869. The fourth-order valence-corrected chi connectivity index (χ4v) is 4.27. The fraction of sp³-hybridized carbons (Fsp3) is 0.353. The van der Waals surface area contributed by atoms with E-state index in [9.17, 15) is 21.6 Å². The molecule has 0 bridgehead atoms. The number of hydrogen-bond donors (Lipinski definition) is 0. The van der Waals surface area contributed by atoms with Gasteiger partial charge in [0, 0.05) is 24.9 Å². The van der Waals surface area contributed by atoms with Gasteiger partial charge >= 0.3 is 6.18 Å². The van der Waals surface area contributed by atoms with Crippen LogP contribution in [0.3, 0.4) is 0 Å². The maximum Gasteiger partial charge on any atom is 0.416 e. The Morgan fingerprint density at radius 3 is 2.70 bits per heavy atom. The van der Waals surface area contributed by atoms with E-state index in [-0.39, 0.29) is 23.9 Å². The Hall–Kier alpha value is -2.33. The first-order valence-electron chi connectivity index (χ1n) is 8.04. The van der Waals surface area contributed by atoms with Gasteiger partial charge in [-0.05, 0) is 24.6 Å². The molecule has 3 rings (SSSR count). The number of hydrogen-bond acceptors (Lipinski definition) is 5. The Balaban J connectivity index is 1.71. The molecule has 0 radical (unpaired) electrons. The van der Waals surface area contributed by atoms with Crippen LogP contribution in [0, 0.1) is 0 Å². The lowest BCUT2D eigenvalue weighted by Crippen LogP contribution is -2.31. The summed E-state index contributed by atoms with van der Waals surface area (Å²) < 4.78 is 75.5. The van der Waals surface area contributed by atoms with Crippen LogP contribution < -0.4 is 9.47 Å². The van der Waals surface area contributed by atoms with Crippen LogP contribution in [0.4, 0.5) is 13.2 Å². The second-order valence-electron chi connectivity index (χ2n) is 5.95. The van der Waals surface area contributed by atoms with Gasteiger partial charge in [0.25, 0.3) is 0 Å². The van der Waals surface area contributed by atoms with Gasteiger partial charge in [-0.15, -0.1) is 0 Å². The van der Waals surface area contributed by atoms with Crippen molar-refractivity contribution < 1.29 is 31.1 Å². The van der Waals surface area contributed by atoms with Gasteiger partial charge in [0.05, 0.1) is 24.1 Å². The van der Waals surface area contributed by atoms with Crippen LogP contribution in [-0.2, 0) is 16.2 Å². The summed E-state index contributed by atoms with van der Waals surface area (Å²) >= 11 is 0. The van der Waals surface area contributed by atoms with Crippen LogP contribution in [0.25, 0.3) is 0 Å². The second-order valence-corrected chi connectivity index (χ2v) is 7.89. The summed E-state index contributed by atoms with van der Waals surface area (Å²) in [4.78, 5) is 3.86. The molecule has 0 N–H and O–H groups in total. The highest BCUT2D eigenvalue weighted by atomic mass is 32.2. The van der Waals surface area contributed by atoms with Crippen molar-refractivity contribution in [3.05, 3.63) is 48.2 Å². The van der Waals surface area contributed by atoms with Gasteiger partial charge in [-0.2, -0.15) is 17.5 Å². The number of alkyl halides is 3. The first-order valence-corrected chi connectivity index (χ1v) is 9.48. The van der Waals surface area contributed by atoms with E-state index in [4.69, 9.17) is 9.47 Å². The summed E-state index contributed by atoms with van der Waals surface area (Å²) in [7, 11) is -2.32. The molecule has 0 saturated carbocycles. The highest BCUT2D eigenvalue weighted by Crippen LogP contribution is 2.31. The normalized spacial score (nSPS) is 18.4. The molecule has 10 heteroatoms. The Morgan fingerprint density at radius 1 is 1.22 bits per heavy atom. The van der Waals surface area contributed by atoms with Crippen LogP contribution in [-0.4, -0.2) is 44.0 Å². The maximum absolute atomic E-state index is 12.8. The van der Waals surface area contributed by atoms with Crippen molar-refractivity contribution in [2.24, 2.45) is 0 Å². The molecule has 6 nitrogen and oxygen atoms in total. The largest absolute Gasteiger partial charge is 0.497 e. The van der Waals surface area contributed by atoms with Crippen molar-refractivity contribution in [3.63, 3.8) is 0 Å². The summed E-state index contributed by atoms with van der Waals surface area (Å²) in [5, 5.41) is 0. The quantitative estimate of drug-likeness (QED) is 0.769. The molecule has 146 valence electrons. The number of methoxy groups -OCH3 is 1. The third kappa shape index (κ3) is 4.33. The molecular weight excluding hydrogens is 385 g/mol. The van der Waals surface area contributed by atoms with E-state index in [1.54, 1.807) is 12.1 Å². The first-order chi connectivity index (χ1) is 12.7. The minimum Gasteiger partial charge on any atom is -0.497 e. The van der Waals surface area contributed by atoms with Crippen molar-refractivity contribution in [2.75, 3.05) is 20.2 Å². The van der Waals surface area contributed by atoms with Crippen molar-refractivity contribution in [1.29, 1.82) is 0 Å². The summed E-state index contributed by atoms with van der Waals surface area (Å²) in [6, 6.07) is 7.73. The van der Waals surface area contributed by atoms with Gasteiger partial charge in [0.15, 0.2) is 0 Å². The van der Waals surface area contributed by atoms with Crippen molar-refractivity contribution in [2.45, 2.75) is 23.6 Å². The number of ether oxygens (including phenoxy) is 2. The average molecular weight is 402 g/mol. The molecule has 27 heavy (non-hydrogen) atoms. The Kier molecular flexibility index (Phi) is 5.29. The van der Waals surface area contributed by atoms with Gasteiger partial charge in [-0.25, -0.2) is 13.4 Å². The number of sulfonamides is 1. The highest BCUT2D eigenvalue weighted by molar-refractivity contribution is 7.89. The summed E-state index contributed by atoms with van der Waals surface area (Å²) in [6.07, 6.45) is -3.72. The van der Waals surface area contributed by atoms with Crippen LogP contribution in [0.1, 0.15) is 12.0 Å². The monoisotopic (exact) mass is 402 g/mol. The zero-order valence-electron chi connectivity index (χ0n) is 14.3. The second kappa shape index (κ2) is 7.35. The lowest BCUT2D eigenvalue weighted by Gasteiger charge is -2.17. The maximum atomic E-state index is 12.8. The van der Waals surface area contributed by atoms with Crippen LogP contribution in [0.5, 0.6) is 11.6 Å². The minimum absolute atomic E-state index is 0.0253. The Morgan fingerprint density at radius 2 is 2.00 bits per heavy atom. The average Bonchev–Trinajstić information content (AvgIpc) is 3.10. The lowest BCUT2D eigenvalue weighted by molar-refractivity contribution is -0.137. The van der Waals surface area contributed by atoms with Crippen LogP contribution >= 0.6 is 0 Å². The summed E-state index contributed by atoms with van der Waals surface area (Å²) in [5.74, 6) is 0.228. The van der Waals surface area contributed by atoms with Gasteiger partial charge < -0.3 is 9.47 Å². The fourth-order valence-electron chi connectivity index (χ4n) is 2.74. The van der Waals surface area contributed by atoms with Crippen molar-refractivity contribution in [3.8, 4) is 11.6 Å². The van der Waals surface area contributed by atoms with Crippen LogP contribution in [0.2, 0.25) is 0 Å². The molecule has 2 aromatic rings. The molecule has 1 aliphatic heterocycles. The van der Waals surface area contributed by atoms with Gasteiger partial charge in [-0.3, -0.25) is 0 Å². The number of benzene rings is 1. The molecule has 1 aromatic carbocycles. The van der Waals surface area contributed by atoms with E-state index >= 15 is 0 Å². The third-order valence-electron chi connectivity index (χ3n) is 4.14. The van der Waals surface area contributed by atoms with Crippen molar-refractivity contribution >= 4 is 10.0 Å². The van der Waals surface area contributed by atoms with E-state index in [1.807, 2.05) is 0 Å². The Bertz CT molecular complexity index is 918.